The largest absolute Gasteiger partial charge is 0.396 e. The summed E-state index contributed by atoms with van der Waals surface area (Å²) in [5, 5.41) is 9.86. The van der Waals surface area contributed by atoms with E-state index in [0.29, 0.717) is 25.3 Å². The molecule has 0 bridgehead atoms. The van der Waals surface area contributed by atoms with Gasteiger partial charge < -0.3 is 14.7 Å². The number of carbonyl (C=O) groups excluding carboxylic acids is 1. The molecule has 0 aromatic carbocycles. The average molecular weight is 321 g/mol. The van der Waals surface area contributed by atoms with E-state index in [1.54, 1.807) is 13.3 Å². The van der Waals surface area contributed by atoms with E-state index in [1.165, 1.54) is 6.33 Å². The first-order valence-corrected chi connectivity index (χ1v) is 8.34. The van der Waals surface area contributed by atoms with Gasteiger partial charge in [-0.2, -0.15) is 0 Å². The molecular weight excluding hydrogens is 294 g/mol. The number of hydrogen-bond acceptors (Lipinski definition) is 5. The van der Waals surface area contributed by atoms with E-state index in [0.717, 1.165) is 37.8 Å². The van der Waals surface area contributed by atoms with Gasteiger partial charge in [0, 0.05) is 38.4 Å². The van der Waals surface area contributed by atoms with Crippen molar-refractivity contribution in [1.82, 2.24) is 14.9 Å². The second-order valence-corrected chi connectivity index (χ2v) is 6.36. The maximum absolute atomic E-state index is 12.9. The number of likely N-dealkylation sites (tertiary alicyclic amines) is 1. The second-order valence-electron chi connectivity index (χ2n) is 6.36. The van der Waals surface area contributed by atoms with Gasteiger partial charge in [0.05, 0.1) is 17.9 Å². The molecule has 1 aliphatic heterocycles. The molecule has 128 valence electrons. The molecule has 1 fully saturated rings. The van der Waals surface area contributed by atoms with Crippen LogP contribution in [-0.2, 0) is 11.2 Å². The molecule has 0 spiro atoms. The number of ether oxygens (including phenoxy) is 1. The zero-order valence-electron chi connectivity index (χ0n) is 14.1. The number of hydrogen-bond donors (Lipinski definition) is 1. The van der Waals surface area contributed by atoms with Crippen LogP contribution in [0.3, 0.4) is 0 Å². The van der Waals surface area contributed by atoms with E-state index >= 15 is 0 Å². The fourth-order valence-corrected chi connectivity index (χ4v) is 3.25. The Hall–Kier alpha value is -1.53. The fraction of sp³-hybridized carbons (Fsp3) is 0.706. The number of aryl methyl sites for hydroxylation is 1. The molecule has 6 nitrogen and oxygen atoms in total. The van der Waals surface area contributed by atoms with Gasteiger partial charge in [0.2, 0.25) is 0 Å². The molecule has 6 heteroatoms. The number of piperidine rings is 1. The van der Waals surface area contributed by atoms with E-state index < -0.39 is 0 Å². The highest BCUT2D eigenvalue weighted by atomic mass is 16.5. The van der Waals surface area contributed by atoms with E-state index in [-0.39, 0.29) is 17.9 Å². The number of carbonyl (C=O) groups is 1. The minimum atomic E-state index is -0.259. The zero-order valence-corrected chi connectivity index (χ0v) is 14.1. The van der Waals surface area contributed by atoms with Gasteiger partial charge in [0.1, 0.15) is 6.33 Å². The van der Waals surface area contributed by atoms with Gasteiger partial charge in [-0.3, -0.25) is 4.79 Å². The van der Waals surface area contributed by atoms with Gasteiger partial charge in [-0.15, -0.1) is 0 Å². The van der Waals surface area contributed by atoms with Crippen LogP contribution >= 0.6 is 0 Å². The van der Waals surface area contributed by atoms with Crippen LogP contribution in [0.2, 0.25) is 0 Å². The lowest BCUT2D eigenvalue weighted by molar-refractivity contribution is 0.00889. The summed E-state index contributed by atoms with van der Waals surface area (Å²) in [5.41, 5.74) is 1.14. The molecule has 0 radical (unpaired) electrons. The summed E-state index contributed by atoms with van der Waals surface area (Å²) in [5.74, 6) is -0.0241. The molecule has 0 unspecified atom stereocenters. The maximum Gasteiger partial charge on any atom is 0.257 e. The standard InChI is InChI=1S/C17H27N3O3/c1-3-5-15-14(10-18-13-19-15)16(22)20-8-4-6-17(11-20,12-21)7-9-23-2/h10,13,21H,3-9,11-12H2,1-2H3/t17-/m1/s1. The maximum atomic E-state index is 12.9. The molecule has 2 rings (SSSR count). The van der Waals surface area contributed by atoms with E-state index in [1.807, 2.05) is 4.90 Å². The topological polar surface area (TPSA) is 75.6 Å². The molecule has 23 heavy (non-hydrogen) atoms. The molecule has 0 aliphatic carbocycles. The number of aromatic nitrogens is 2. The summed E-state index contributed by atoms with van der Waals surface area (Å²) in [4.78, 5) is 23.0. The number of nitrogens with zero attached hydrogens (tertiary/aromatic N) is 3. The summed E-state index contributed by atoms with van der Waals surface area (Å²) in [7, 11) is 1.66. The third-order valence-electron chi connectivity index (χ3n) is 4.63. The fourth-order valence-electron chi connectivity index (χ4n) is 3.25. The third kappa shape index (κ3) is 4.26. The highest BCUT2D eigenvalue weighted by Gasteiger charge is 2.37. The van der Waals surface area contributed by atoms with Crippen molar-refractivity contribution in [3.63, 3.8) is 0 Å². The van der Waals surface area contributed by atoms with Crippen molar-refractivity contribution in [2.75, 3.05) is 33.4 Å². The summed E-state index contributed by atoms with van der Waals surface area (Å²) in [6, 6.07) is 0. The van der Waals surface area contributed by atoms with Crippen LogP contribution in [0.15, 0.2) is 12.5 Å². The van der Waals surface area contributed by atoms with Gasteiger partial charge >= 0.3 is 0 Å². The summed E-state index contributed by atoms with van der Waals surface area (Å²) < 4.78 is 5.17. The van der Waals surface area contributed by atoms with Gasteiger partial charge in [0.15, 0.2) is 0 Å². The van der Waals surface area contributed by atoms with Crippen LogP contribution in [0.5, 0.6) is 0 Å². The van der Waals surface area contributed by atoms with Gasteiger partial charge in [0.25, 0.3) is 5.91 Å². The Morgan fingerprint density at radius 2 is 2.35 bits per heavy atom. The Bertz CT molecular complexity index is 524. The Morgan fingerprint density at radius 1 is 1.52 bits per heavy atom. The molecular formula is C17H27N3O3. The average Bonchev–Trinajstić information content (AvgIpc) is 2.60. The molecule has 1 N–H and O–H groups in total. The van der Waals surface area contributed by atoms with Crippen molar-refractivity contribution < 1.29 is 14.6 Å². The lowest BCUT2D eigenvalue weighted by Gasteiger charge is -2.42. The molecule has 0 saturated carbocycles. The number of rotatable bonds is 7. The van der Waals surface area contributed by atoms with Crippen molar-refractivity contribution in [3.05, 3.63) is 23.8 Å². The lowest BCUT2D eigenvalue weighted by Crippen LogP contribution is -2.48. The Kier molecular flexibility index (Phi) is 6.47. The predicted octanol–water partition coefficient (Wildman–Crippen LogP) is 1.68. The first-order valence-electron chi connectivity index (χ1n) is 8.34. The highest BCUT2D eigenvalue weighted by molar-refractivity contribution is 5.95. The van der Waals surface area contributed by atoms with Crippen LogP contribution in [0.25, 0.3) is 0 Å². The molecule has 1 aliphatic rings. The second kappa shape index (κ2) is 8.36. The van der Waals surface area contributed by atoms with Crippen molar-refractivity contribution in [3.8, 4) is 0 Å². The normalized spacial score (nSPS) is 21.4. The monoisotopic (exact) mass is 321 g/mol. The van der Waals surface area contributed by atoms with Crippen LogP contribution in [0.4, 0.5) is 0 Å². The van der Waals surface area contributed by atoms with Gasteiger partial charge in [-0.05, 0) is 25.7 Å². The SMILES string of the molecule is CCCc1ncncc1C(=O)N1CCC[C@@](CO)(CCOC)C1. The van der Waals surface area contributed by atoms with Crippen LogP contribution in [0.1, 0.15) is 48.7 Å². The Labute approximate surface area is 137 Å². The smallest absolute Gasteiger partial charge is 0.257 e. The minimum Gasteiger partial charge on any atom is -0.396 e. The van der Waals surface area contributed by atoms with Crippen LogP contribution < -0.4 is 0 Å². The van der Waals surface area contributed by atoms with Crippen molar-refractivity contribution >= 4 is 5.91 Å². The molecule has 1 amide bonds. The first-order chi connectivity index (χ1) is 11.2. The van der Waals surface area contributed by atoms with Crippen LogP contribution in [-0.4, -0.2) is 59.3 Å². The molecule has 2 heterocycles. The number of aliphatic hydroxyl groups excluding tert-OH is 1. The Morgan fingerprint density at radius 3 is 3.04 bits per heavy atom. The predicted molar refractivity (Wildman–Crippen MR) is 87.2 cm³/mol. The third-order valence-corrected chi connectivity index (χ3v) is 4.63. The summed E-state index contributed by atoms with van der Waals surface area (Å²) >= 11 is 0. The number of amides is 1. The first kappa shape index (κ1) is 17.8. The molecule has 1 aromatic rings. The Balaban J connectivity index is 2.16. The molecule has 1 atom stereocenters. The van der Waals surface area contributed by atoms with Crippen LogP contribution in [0, 0.1) is 5.41 Å². The summed E-state index contributed by atoms with van der Waals surface area (Å²) in [6.07, 6.45) is 7.39. The zero-order chi connectivity index (χ0) is 16.7. The van der Waals surface area contributed by atoms with E-state index in [4.69, 9.17) is 4.74 Å². The van der Waals surface area contributed by atoms with E-state index in [2.05, 4.69) is 16.9 Å². The number of methoxy groups -OCH3 is 1. The van der Waals surface area contributed by atoms with Crippen molar-refractivity contribution in [2.24, 2.45) is 5.41 Å². The number of aliphatic hydroxyl groups is 1. The van der Waals surface area contributed by atoms with Gasteiger partial charge in [-0.1, -0.05) is 13.3 Å². The van der Waals surface area contributed by atoms with Crippen molar-refractivity contribution in [2.45, 2.75) is 39.0 Å². The quantitative estimate of drug-likeness (QED) is 0.827. The van der Waals surface area contributed by atoms with Crippen molar-refractivity contribution in [1.29, 1.82) is 0 Å². The molecule has 1 saturated heterocycles. The lowest BCUT2D eigenvalue weighted by atomic mass is 9.78. The minimum absolute atomic E-state index is 0.0241. The highest BCUT2D eigenvalue weighted by Crippen LogP contribution is 2.33. The van der Waals surface area contributed by atoms with Gasteiger partial charge in [-0.25, -0.2) is 9.97 Å². The van der Waals surface area contributed by atoms with E-state index in [9.17, 15) is 9.90 Å². The molecule has 1 aromatic heterocycles. The summed E-state index contributed by atoms with van der Waals surface area (Å²) in [6.45, 7) is 4.02.